The molecule has 0 saturated heterocycles. The SMILES string of the molecule is Cc1ccccc1N(CC(=O)NC(C)(C)CC(C)(C)C)S(=O)(=O)c1ccc(Cl)cc1. The monoisotopic (exact) mass is 450 g/mol. The molecule has 5 nitrogen and oxygen atoms in total. The molecule has 0 heterocycles. The third-order valence-electron chi connectivity index (χ3n) is 4.52. The van der Waals surface area contributed by atoms with E-state index in [1.807, 2.05) is 32.9 Å². The van der Waals surface area contributed by atoms with E-state index < -0.39 is 15.6 Å². The Bertz CT molecular complexity index is 994. The number of anilines is 1. The van der Waals surface area contributed by atoms with Gasteiger partial charge in [-0.1, -0.05) is 50.6 Å². The van der Waals surface area contributed by atoms with E-state index in [-0.39, 0.29) is 22.8 Å². The number of halogens is 1. The molecule has 0 spiro atoms. The number of rotatable bonds is 7. The summed E-state index contributed by atoms with van der Waals surface area (Å²) >= 11 is 5.92. The molecule has 0 aliphatic carbocycles. The van der Waals surface area contributed by atoms with E-state index >= 15 is 0 Å². The van der Waals surface area contributed by atoms with Crippen molar-refractivity contribution in [3.63, 3.8) is 0 Å². The normalized spacial score (nSPS) is 12.5. The fraction of sp³-hybridized carbons (Fsp3) is 0.435. The van der Waals surface area contributed by atoms with Crippen molar-refractivity contribution in [3.8, 4) is 0 Å². The molecule has 30 heavy (non-hydrogen) atoms. The molecule has 0 aliphatic rings. The number of benzene rings is 2. The van der Waals surface area contributed by atoms with Crippen molar-refractivity contribution in [1.82, 2.24) is 5.32 Å². The summed E-state index contributed by atoms with van der Waals surface area (Å²) in [5, 5.41) is 3.44. The number of carbonyl (C=O) groups excluding carboxylic acids is 1. The number of hydrogen-bond donors (Lipinski definition) is 1. The van der Waals surface area contributed by atoms with Crippen molar-refractivity contribution in [2.45, 2.75) is 58.4 Å². The molecule has 2 aromatic rings. The maximum absolute atomic E-state index is 13.4. The summed E-state index contributed by atoms with van der Waals surface area (Å²) in [4.78, 5) is 13.0. The van der Waals surface area contributed by atoms with E-state index in [4.69, 9.17) is 11.6 Å². The van der Waals surface area contributed by atoms with Gasteiger partial charge in [-0.05, 0) is 68.5 Å². The van der Waals surface area contributed by atoms with Crippen molar-refractivity contribution in [2.24, 2.45) is 5.41 Å². The Balaban J connectivity index is 2.39. The van der Waals surface area contributed by atoms with E-state index in [1.165, 1.54) is 24.3 Å². The summed E-state index contributed by atoms with van der Waals surface area (Å²) in [5.41, 5.74) is 0.770. The van der Waals surface area contributed by atoms with Crippen LogP contribution < -0.4 is 9.62 Å². The molecule has 1 N–H and O–H groups in total. The Morgan fingerprint density at radius 3 is 2.10 bits per heavy atom. The average molecular weight is 451 g/mol. The van der Waals surface area contributed by atoms with Crippen LogP contribution in [-0.4, -0.2) is 26.4 Å². The van der Waals surface area contributed by atoms with Gasteiger partial charge < -0.3 is 5.32 Å². The first-order valence-electron chi connectivity index (χ1n) is 9.86. The first kappa shape index (κ1) is 24.2. The first-order chi connectivity index (χ1) is 13.7. The first-order valence-corrected chi connectivity index (χ1v) is 11.7. The van der Waals surface area contributed by atoms with Gasteiger partial charge in [-0.15, -0.1) is 0 Å². The van der Waals surface area contributed by atoms with Gasteiger partial charge in [0.2, 0.25) is 5.91 Å². The minimum Gasteiger partial charge on any atom is -0.350 e. The van der Waals surface area contributed by atoms with Gasteiger partial charge in [0.1, 0.15) is 6.54 Å². The lowest BCUT2D eigenvalue weighted by Gasteiger charge is -2.34. The van der Waals surface area contributed by atoms with Gasteiger partial charge in [-0.25, -0.2) is 8.42 Å². The smallest absolute Gasteiger partial charge is 0.264 e. The molecule has 0 unspecified atom stereocenters. The second kappa shape index (κ2) is 8.98. The highest BCUT2D eigenvalue weighted by atomic mass is 35.5. The van der Waals surface area contributed by atoms with Crippen LogP contribution in [0.2, 0.25) is 5.02 Å². The second-order valence-electron chi connectivity index (χ2n) is 9.42. The summed E-state index contributed by atoms with van der Waals surface area (Å²) in [6.45, 7) is 11.7. The number of amides is 1. The minimum absolute atomic E-state index is 0.0157. The maximum atomic E-state index is 13.4. The lowest BCUT2D eigenvalue weighted by molar-refractivity contribution is -0.121. The summed E-state index contributed by atoms with van der Waals surface area (Å²) in [6, 6.07) is 13.1. The molecule has 7 heteroatoms. The molecular formula is C23H31ClN2O3S. The number of nitrogens with zero attached hydrogens (tertiary/aromatic N) is 1. The molecule has 0 atom stereocenters. The van der Waals surface area contributed by atoms with Gasteiger partial charge >= 0.3 is 0 Å². The van der Waals surface area contributed by atoms with E-state index in [0.29, 0.717) is 10.7 Å². The Morgan fingerprint density at radius 1 is 1.00 bits per heavy atom. The Kier molecular flexibility index (Phi) is 7.25. The zero-order chi connectivity index (χ0) is 22.7. The Morgan fingerprint density at radius 2 is 1.57 bits per heavy atom. The van der Waals surface area contributed by atoms with Gasteiger partial charge in [0, 0.05) is 10.6 Å². The Hall–Kier alpha value is -2.05. The molecule has 1 amide bonds. The number of aryl methyl sites for hydroxylation is 1. The summed E-state index contributed by atoms with van der Waals surface area (Å²) < 4.78 is 28.0. The third-order valence-corrected chi connectivity index (χ3v) is 6.55. The van der Waals surface area contributed by atoms with E-state index in [9.17, 15) is 13.2 Å². The van der Waals surface area contributed by atoms with Crippen LogP contribution in [0, 0.1) is 12.3 Å². The van der Waals surface area contributed by atoms with Gasteiger partial charge in [-0.3, -0.25) is 9.10 Å². The van der Waals surface area contributed by atoms with Crippen molar-refractivity contribution in [3.05, 3.63) is 59.1 Å². The molecule has 0 aromatic heterocycles. The van der Waals surface area contributed by atoms with Crippen molar-refractivity contribution in [2.75, 3.05) is 10.8 Å². The van der Waals surface area contributed by atoms with Gasteiger partial charge in [0.25, 0.3) is 10.0 Å². The van der Waals surface area contributed by atoms with Crippen LogP contribution in [0.15, 0.2) is 53.4 Å². The number of carbonyl (C=O) groups is 1. The predicted octanol–water partition coefficient (Wildman–Crippen LogP) is 5.17. The lowest BCUT2D eigenvalue weighted by Crippen LogP contribution is -2.50. The van der Waals surface area contributed by atoms with Gasteiger partial charge in [-0.2, -0.15) is 0 Å². The highest BCUT2D eigenvalue weighted by Crippen LogP contribution is 2.29. The molecule has 2 aromatic carbocycles. The number of sulfonamides is 1. The zero-order valence-corrected chi connectivity index (χ0v) is 20.1. The van der Waals surface area contributed by atoms with Crippen molar-refractivity contribution < 1.29 is 13.2 Å². The topological polar surface area (TPSA) is 66.5 Å². The number of para-hydroxylation sites is 1. The summed E-state index contributed by atoms with van der Waals surface area (Å²) in [5.74, 6) is -0.356. The fourth-order valence-corrected chi connectivity index (χ4v) is 5.41. The standard InChI is InChI=1S/C23H31ClN2O3S/c1-17-9-7-8-10-20(17)26(30(28,29)19-13-11-18(24)12-14-19)15-21(27)25-23(5,6)16-22(2,3)4/h7-14H,15-16H2,1-6H3,(H,25,27). The molecular weight excluding hydrogens is 420 g/mol. The predicted molar refractivity (Wildman–Crippen MR) is 123 cm³/mol. The fourth-order valence-electron chi connectivity index (χ4n) is 3.79. The van der Waals surface area contributed by atoms with Crippen LogP contribution in [0.1, 0.15) is 46.6 Å². The summed E-state index contributed by atoms with van der Waals surface area (Å²) in [7, 11) is -3.97. The molecule has 0 fully saturated rings. The Labute approximate surface area is 185 Å². The van der Waals surface area contributed by atoms with Crippen LogP contribution in [0.3, 0.4) is 0 Å². The van der Waals surface area contributed by atoms with Crippen LogP contribution >= 0.6 is 11.6 Å². The lowest BCUT2D eigenvalue weighted by atomic mass is 9.82. The molecule has 2 rings (SSSR count). The largest absolute Gasteiger partial charge is 0.350 e. The van der Waals surface area contributed by atoms with Gasteiger partial charge in [0.15, 0.2) is 0 Å². The van der Waals surface area contributed by atoms with Crippen LogP contribution in [0.4, 0.5) is 5.69 Å². The van der Waals surface area contributed by atoms with Crippen LogP contribution in [-0.2, 0) is 14.8 Å². The molecule has 0 radical (unpaired) electrons. The van der Waals surface area contributed by atoms with Crippen molar-refractivity contribution >= 4 is 33.2 Å². The molecule has 0 aliphatic heterocycles. The quantitative estimate of drug-likeness (QED) is 0.632. The van der Waals surface area contributed by atoms with E-state index in [2.05, 4.69) is 26.1 Å². The molecule has 164 valence electrons. The third kappa shape index (κ3) is 6.47. The average Bonchev–Trinajstić information content (AvgIpc) is 2.58. The van der Waals surface area contributed by atoms with Crippen molar-refractivity contribution in [1.29, 1.82) is 0 Å². The molecule has 0 saturated carbocycles. The highest BCUT2D eigenvalue weighted by Gasteiger charge is 2.31. The van der Waals surface area contributed by atoms with E-state index in [1.54, 1.807) is 12.1 Å². The number of nitrogens with one attached hydrogen (secondary N) is 1. The maximum Gasteiger partial charge on any atom is 0.264 e. The minimum atomic E-state index is -3.97. The van der Waals surface area contributed by atoms with E-state index in [0.717, 1.165) is 16.3 Å². The molecule has 0 bridgehead atoms. The summed E-state index contributed by atoms with van der Waals surface area (Å²) in [6.07, 6.45) is 0.750. The van der Waals surface area contributed by atoms with Crippen LogP contribution in [0.5, 0.6) is 0 Å². The van der Waals surface area contributed by atoms with Crippen LogP contribution in [0.25, 0.3) is 0 Å². The van der Waals surface area contributed by atoms with Gasteiger partial charge in [0.05, 0.1) is 10.6 Å². The second-order valence-corrected chi connectivity index (χ2v) is 11.7. The zero-order valence-electron chi connectivity index (χ0n) is 18.5. The highest BCUT2D eigenvalue weighted by molar-refractivity contribution is 7.92. The number of hydrogen-bond acceptors (Lipinski definition) is 3.